The van der Waals surface area contributed by atoms with Gasteiger partial charge in [0.05, 0.1) is 11.4 Å². The van der Waals surface area contributed by atoms with E-state index in [-0.39, 0.29) is 17.4 Å². The smallest absolute Gasteiger partial charge is 0.234 e. The molecule has 0 atom stereocenters. The second-order valence-corrected chi connectivity index (χ2v) is 5.70. The molecule has 6 nitrogen and oxygen atoms in total. The fraction of sp³-hybridized carbons (Fsp3) is 0.333. The molecule has 1 aromatic carbocycles. The molecule has 0 aliphatic heterocycles. The van der Waals surface area contributed by atoms with E-state index in [1.54, 1.807) is 24.3 Å². The van der Waals surface area contributed by atoms with Gasteiger partial charge in [0.25, 0.3) is 0 Å². The van der Waals surface area contributed by atoms with Crippen molar-refractivity contribution in [3.05, 3.63) is 35.7 Å². The highest BCUT2D eigenvalue weighted by Crippen LogP contribution is 2.17. The Morgan fingerprint density at radius 2 is 2.09 bits per heavy atom. The molecule has 0 bridgehead atoms. The highest BCUT2D eigenvalue weighted by atomic mass is 32.2. The lowest BCUT2D eigenvalue weighted by atomic mass is 10.1. The Bertz CT molecular complexity index is 669. The molecule has 1 amide bonds. The first-order valence-corrected chi connectivity index (χ1v) is 8.02. The summed E-state index contributed by atoms with van der Waals surface area (Å²) in [7, 11) is 0. The largest absolute Gasteiger partial charge is 0.325 e. The van der Waals surface area contributed by atoms with E-state index in [9.17, 15) is 9.59 Å². The van der Waals surface area contributed by atoms with Gasteiger partial charge in [-0.15, -0.1) is 5.10 Å². The fourth-order valence-corrected chi connectivity index (χ4v) is 2.52. The number of thioether (sulfide) groups is 1. The number of Topliss-reactive ketones (excluding diaryl/α,β-unsaturated/α-hetero) is 1. The van der Waals surface area contributed by atoms with Gasteiger partial charge in [-0.3, -0.25) is 14.7 Å². The number of aryl methyl sites for hydroxylation is 1. The normalized spacial score (nSPS) is 10.5. The lowest BCUT2D eigenvalue weighted by molar-refractivity contribution is -0.113. The maximum Gasteiger partial charge on any atom is 0.234 e. The van der Waals surface area contributed by atoms with Gasteiger partial charge < -0.3 is 5.32 Å². The average molecular weight is 318 g/mol. The van der Waals surface area contributed by atoms with Crippen LogP contribution in [0.2, 0.25) is 0 Å². The van der Waals surface area contributed by atoms with Crippen LogP contribution in [-0.4, -0.2) is 32.6 Å². The lowest BCUT2D eigenvalue weighted by Gasteiger charge is -2.08. The van der Waals surface area contributed by atoms with E-state index in [2.05, 4.69) is 27.4 Å². The van der Waals surface area contributed by atoms with Crippen LogP contribution in [0.3, 0.4) is 0 Å². The zero-order valence-electron chi connectivity index (χ0n) is 12.5. The molecule has 0 spiro atoms. The summed E-state index contributed by atoms with van der Waals surface area (Å²) >= 11 is 1.26. The number of carbonyl (C=O) groups is 2. The van der Waals surface area contributed by atoms with Crippen LogP contribution in [0.4, 0.5) is 5.69 Å². The summed E-state index contributed by atoms with van der Waals surface area (Å²) in [6.45, 7) is 3.54. The monoisotopic (exact) mass is 318 g/mol. The molecular formula is C15H18N4O2S. The number of nitrogens with one attached hydrogen (secondary N) is 2. The van der Waals surface area contributed by atoms with Crippen molar-refractivity contribution in [1.82, 2.24) is 15.2 Å². The summed E-state index contributed by atoms with van der Waals surface area (Å²) in [6, 6.07) is 6.95. The van der Waals surface area contributed by atoms with Crippen LogP contribution in [0.1, 0.15) is 36.5 Å². The van der Waals surface area contributed by atoms with Crippen molar-refractivity contribution in [2.24, 2.45) is 0 Å². The van der Waals surface area contributed by atoms with Crippen LogP contribution in [0.5, 0.6) is 0 Å². The van der Waals surface area contributed by atoms with E-state index in [1.807, 2.05) is 0 Å². The third-order valence-electron chi connectivity index (χ3n) is 2.91. The Hall–Kier alpha value is -2.15. The van der Waals surface area contributed by atoms with Gasteiger partial charge in [-0.05, 0) is 25.5 Å². The zero-order valence-corrected chi connectivity index (χ0v) is 13.4. The third-order valence-corrected chi connectivity index (χ3v) is 3.76. The van der Waals surface area contributed by atoms with Crippen LogP contribution in [0.15, 0.2) is 29.4 Å². The number of H-pyrrole nitrogens is 1. The molecule has 0 saturated heterocycles. The highest BCUT2D eigenvalue weighted by Gasteiger charge is 2.11. The first-order chi connectivity index (χ1) is 10.6. The van der Waals surface area contributed by atoms with Crippen LogP contribution in [-0.2, 0) is 11.2 Å². The van der Waals surface area contributed by atoms with Gasteiger partial charge in [-0.2, -0.15) is 0 Å². The van der Waals surface area contributed by atoms with Gasteiger partial charge in [0.15, 0.2) is 5.78 Å². The molecule has 0 saturated carbocycles. The topological polar surface area (TPSA) is 87.7 Å². The van der Waals surface area contributed by atoms with Crippen molar-refractivity contribution < 1.29 is 9.59 Å². The van der Waals surface area contributed by atoms with E-state index >= 15 is 0 Å². The molecule has 0 aliphatic carbocycles. The number of nitrogens with zero attached hydrogens (tertiary/aromatic N) is 2. The number of benzene rings is 1. The predicted molar refractivity (Wildman–Crippen MR) is 86.2 cm³/mol. The maximum atomic E-state index is 12.0. The third kappa shape index (κ3) is 4.42. The van der Waals surface area contributed by atoms with E-state index in [1.165, 1.54) is 18.7 Å². The molecule has 2 aromatic rings. The second kappa shape index (κ2) is 7.74. The van der Waals surface area contributed by atoms with E-state index in [4.69, 9.17) is 0 Å². The van der Waals surface area contributed by atoms with Crippen LogP contribution < -0.4 is 5.32 Å². The van der Waals surface area contributed by atoms with Crippen molar-refractivity contribution in [3.63, 3.8) is 0 Å². The minimum Gasteiger partial charge on any atom is -0.325 e. The summed E-state index contributed by atoms with van der Waals surface area (Å²) in [5, 5.41) is 10.2. The van der Waals surface area contributed by atoms with Crippen LogP contribution in [0, 0.1) is 0 Å². The van der Waals surface area contributed by atoms with E-state index < -0.39 is 0 Å². The molecular weight excluding hydrogens is 300 g/mol. The summed E-state index contributed by atoms with van der Waals surface area (Å²) in [5.41, 5.74) is 1.03. The maximum absolute atomic E-state index is 12.0. The minimum absolute atomic E-state index is 0.0817. The van der Waals surface area contributed by atoms with Crippen molar-refractivity contribution in [2.75, 3.05) is 11.1 Å². The van der Waals surface area contributed by atoms with Gasteiger partial charge in [-0.1, -0.05) is 30.8 Å². The molecule has 0 fully saturated rings. The number of aromatic amines is 1. The standard InChI is InChI=1S/C15H18N4O2S/c1-3-6-13-17-15(19-18-13)22-9-14(21)16-12-8-5-4-7-11(12)10(2)20/h4-5,7-8H,3,6,9H2,1-2H3,(H,16,21)(H,17,18,19). The van der Waals surface area contributed by atoms with Gasteiger partial charge in [0, 0.05) is 12.0 Å². The van der Waals surface area contributed by atoms with Crippen molar-refractivity contribution in [1.29, 1.82) is 0 Å². The fourth-order valence-electron chi connectivity index (χ4n) is 1.91. The number of para-hydroxylation sites is 1. The quantitative estimate of drug-likeness (QED) is 0.605. The molecule has 1 heterocycles. The number of ketones is 1. The SMILES string of the molecule is CCCc1nc(SCC(=O)Nc2ccccc2C(C)=O)n[nH]1. The van der Waals surface area contributed by atoms with Gasteiger partial charge in [0.1, 0.15) is 5.82 Å². The summed E-state index contributed by atoms with van der Waals surface area (Å²) in [6.07, 6.45) is 1.83. The first kappa shape index (κ1) is 16.2. The summed E-state index contributed by atoms with van der Waals surface area (Å²) in [4.78, 5) is 27.8. The van der Waals surface area contributed by atoms with Crippen molar-refractivity contribution in [3.8, 4) is 0 Å². The molecule has 116 valence electrons. The highest BCUT2D eigenvalue weighted by molar-refractivity contribution is 7.99. The molecule has 22 heavy (non-hydrogen) atoms. The van der Waals surface area contributed by atoms with Gasteiger partial charge >= 0.3 is 0 Å². The number of carbonyl (C=O) groups excluding carboxylic acids is 2. The summed E-state index contributed by atoms with van der Waals surface area (Å²) in [5.74, 6) is 0.741. The number of hydrogen-bond acceptors (Lipinski definition) is 5. The molecule has 2 rings (SSSR count). The zero-order chi connectivity index (χ0) is 15.9. The average Bonchev–Trinajstić information content (AvgIpc) is 2.94. The molecule has 2 N–H and O–H groups in total. The van der Waals surface area contributed by atoms with E-state index in [0.717, 1.165) is 18.7 Å². The van der Waals surface area contributed by atoms with Gasteiger partial charge in [-0.25, -0.2) is 4.98 Å². The Kier molecular flexibility index (Phi) is 5.71. The molecule has 1 aromatic heterocycles. The van der Waals surface area contributed by atoms with Crippen LogP contribution >= 0.6 is 11.8 Å². The molecule has 0 unspecified atom stereocenters. The molecule has 7 heteroatoms. The predicted octanol–water partition coefficient (Wildman–Crippen LogP) is 2.69. The Morgan fingerprint density at radius 3 is 2.82 bits per heavy atom. The first-order valence-electron chi connectivity index (χ1n) is 7.04. The Morgan fingerprint density at radius 1 is 1.32 bits per heavy atom. The number of aromatic nitrogens is 3. The van der Waals surface area contributed by atoms with Crippen LogP contribution in [0.25, 0.3) is 0 Å². The lowest BCUT2D eigenvalue weighted by Crippen LogP contribution is -2.16. The molecule has 0 radical (unpaired) electrons. The Balaban J connectivity index is 1.91. The minimum atomic E-state index is -0.194. The summed E-state index contributed by atoms with van der Waals surface area (Å²) < 4.78 is 0. The number of anilines is 1. The van der Waals surface area contributed by atoms with Gasteiger partial charge in [0.2, 0.25) is 11.1 Å². The van der Waals surface area contributed by atoms with Crippen molar-refractivity contribution in [2.45, 2.75) is 31.8 Å². The Labute approximate surface area is 133 Å². The number of amides is 1. The number of rotatable bonds is 7. The number of hydrogen-bond donors (Lipinski definition) is 2. The second-order valence-electron chi connectivity index (χ2n) is 4.75. The van der Waals surface area contributed by atoms with E-state index in [0.29, 0.717) is 16.4 Å². The molecule has 0 aliphatic rings. The van der Waals surface area contributed by atoms with Crippen molar-refractivity contribution >= 4 is 29.1 Å².